The molecule has 6 rings (SSSR count). The number of allylic oxidation sites excluding steroid dienone is 1. The average Bonchev–Trinajstić information content (AvgIpc) is 3.36. The summed E-state index contributed by atoms with van der Waals surface area (Å²) in [6.45, 7) is 8.39. The number of halogens is 1. The second-order valence-electron chi connectivity index (χ2n) is 11.6. The number of hydrogen-bond acceptors (Lipinski definition) is 7. The van der Waals surface area contributed by atoms with Crippen LogP contribution in [0.1, 0.15) is 61.9 Å². The Balaban J connectivity index is 1.39. The molecule has 1 atom stereocenters. The van der Waals surface area contributed by atoms with E-state index in [1.807, 2.05) is 60.7 Å². The zero-order valence-electron chi connectivity index (χ0n) is 26.9. The van der Waals surface area contributed by atoms with Crippen LogP contribution < -0.4 is 24.4 Å². The second kappa shape index (κ2) is 13.7. The summed E-state index contributed by atoms with van der Waals surface area (Å²) < 4.78 is 20.2. The van der Waals surface area contributed by atoms with Crippen molar-refractivity contribution in [3.63, 3.8) is 0 Å². The van der Waals surface area contributed by atoms with E-state index < -0.39 is 12.0 Å². The third-order valence-corrected chi connectivity index (χ3v) is 9.81. The minimum Gasteiger partial charge on any atom is -0.493 e. The smallest absolute Gasteiger partial charge is 0.338 e. The number of carbonyl (C=O) groups excluding carboxylic acids is 1. The lowest BCUT2D eigenvalue weighted by Crippen LogP contribution is -2.39. The number of benzene rings is 4. The minimum absolute atomic E-state index is 0.220. The van der Waals surface area contributed by atoms with Gasteiger partial charge in [-0.3, -0.25) is 9.36 Å². The molecule has 1 unspecified atom stereocenters. The Hall–Kier alpha value is -4.47. The molecule has 0 aliphatic carbocycles. The number of ether oxygens (including phenoxy) is 3. The molecule has 240 valence electrons. The Morgan fingerprint density at radius 2 is 1.81 bits per heavy atom. The summed E-state index contributed by atoms with van der Waals surface area (Å²) in [5.41, 5.74) is 4.45. The summed E-state index contributed by atoms with van der Waals surface area (Å²) in [4.78, 5) is 32.6. The summed E-state index contributed by atoms with van der Waals surface area (Å²) in [7, 11) is 1.59. The Morgan fingerprint density at radius 3 is 2.53 bits per heavy atom. The molecule has 0 fully saturated rings. The highest BCUT2D eigenvalue weighted by Gasteiger charge is 2.33. The number of thiazole rings is 1. The molecular formula is C38H35BrN2O5S. The summed E-state index contributed by atoms with van der Waals surface area (Å²) >= 11 is 4.95. The maximum absolute atomic E-state index is 14.1. The number of aromatic nitrogens is 1. The van der Waals surface area contributed by atoms with E-state index in [2.05, 4.69) is 54.0 Å². The molecule has 1 aliphatic heterocycles. The van der Waals surface area contributed by atoms with Crippen LogP contribution in [0.3, 0.4) is 0 Å². The molecule has 0 N–H and O–H groups in total. The van der Waals surface area contributed by atoms with Crippen LogP contribution in [0.25, 0.3) is 16.8 Å². The monoisotopic (exact) mass is 710 g/mol. The predicted molar refractivity (Wildman–Crippen MR) is 190 cm³/mol. The number of methoxy groups -OCH3 is 1. The van der Waals surface area contributed by atoms with Crippen LogP contribution in [0, 0.1) is 0 Å². The van der Waals surface area contributed by atoms with E-state index in [1.54, 1.807) is 25.5 Å². The molecule has 7 nitrogen and oxygen atoms in total. The first kappa shape index (κ1) is 32.5. The van der Waals surface area contributed by atoms with Crippen molar-refractivity contribution in [1.29, 1.82) is 0 Å². The Morgan fingerprint density at radius 1 is 1.06 bits per heavy atom. The number of rotatable bonds is 9. The van der Waals surface area contributed by atoms with Crippen LogP contribution in [-0.2, 0) is 16.1 Å². The van der Waals surface area contributed by atoms with Crippen molar-refractivity contribution in [3.8, 4) is 11.5 Å². The third kappa shape index (κ3) is 6.42. The van der Waals surface area contributed by atoms with E-state index in [0.717, 1.165) is 27.5 Å². The lowest BCUT2D eigenvalue weighted by molar-refractivity contribution is -0.139. The van der Waals surface area contributed by atoms with Crippen LogP contribution in [0.4, 0.5) is 0 Å². The second-order valence-corrected chi connectivity index (χ2v) is 13.4. The molecule has 0 radical (unpaired) electrons. The van der Waals surface area contributed by atoms with Gasteiger partial charge in [0.15, 0.2) is 16.3 Å². The molecule has 1 aliphatic rings. The van der Waals surface area contributed by atoms with Crippen LogP contribution in [-0.4, -0.2) is 24.3 Å². The number of fused-ring (bicyclic) bond motifs is 2. The molecule has 2 heterocycles. The van der Waals surface area contributed by atoms with Crippen molar-refractivity contribution in [2.75, 3.05) is 13.7 Å². The first-order valence-corrected chi connectivity index (χ1v) is 17.1. The molecule has 4 aromatic carbocycles. The van der Waals surface area contributed by atoms with Gasteiger partial charge in [0.05, 0.1) is 40.0 Å². The highest BCUT2D eigenvalue weighted by Crippen LogP contribution is 2.38. The fourth-order valence-corrected chi connectivity index (χ4v) is 7.47. The van der Waals surface area contributed by atoms with Crippen molar-refractivity contribution < 1.29 is 19.0 Å². The molecule has 0 saturated heterocycles. The number of esters is 1. The van der Waals surface area contributed by atoms with Gasteiger partial charge in [-0.15, -0.1) is 0 Å². The van der Waals surface area contributed by atoms with E-state index in [0.29, 0.717) is 49.1 Å². The first-order chi connectivity index (χ1) is 22.7. The van der Waals surface area contributed by atoms with E-state index in [9.17, 15) is 9.59 Å². The Bertz CT molecular complexity index is 2190. The normalized spacial score (nSPS) is 14.7. The topological polar surface area (TPSA) is 79.1 Å². The van der Waals surface area contributed by atoms with E-state index in [4.69, 9.17) is 19.2 Å². The van der Waals surface area contributed by atoms with Gasteiger partial charge >= 0.3 is 5.97 Å². The molecule has 47 heavy (non-hydrogen) atoms. The van der Waals surface area contributed by atoms with Crippen LogP contribution >= 0.6 is 27.3 Å². The summed E-state index contributed by atoms with van der Waals surface area (Å²) in [6, 6.07) is 25.5. The van der Waals surface area contributed by atoms with Gasteiger partial charge in [-0.2, -0.15) is 0 Å². The van der Waals surface area contributed by atoms with Gasteiger partial charge in [0, 0.05) is 0 Å². The molecule has 0 amide bonds. The van der Waals surface area contributed by atoms with Crippen molar-refractivity contribution in [2.45, 2.75) is 46.3 Å². The first-order valence-electron chi connectivity index (χ1n) is 15.5. The quantitative estimate of drug-likeness (QED) is 0.149. The highest BCUT2D eigenvalue weighted by molar-refractivity contribution is 9.10. The molecule has 1 aromatic heterocycles. The van der Waals surface area contributed by atoms with E-state index >= 15 is 0 Å². The number of carbonyl (C=O) groups is 1. The molecule has 5 aromatic rings. The molecular weight excluding hydrogens is 676 g/mol. The average molecular weight is 712 g/mol. The van der Waals surface area contributed by atoms with E-state index in [-0.39, 0.29) is 12.2 Å². The standard InChI is InChI=1S/C38H35BrN2O5S/c1-6-45-37(43)33-23(4)40-38-41(34(33)27-16-14-25(15-17-27)22(2)3)36(42)32(47-38)20-24-18-30(39)35(31(19-24)44-5)46-21-28-12-9-11-26-10-7-8-13-29(26)28/h7-20,22,34H,6,21H2,1-5H3/b32-20-. The zero-order chi connectivity index (χ0) is 33.2. The van der Waals surface area contributed by atoms with Crippen molar-refractivity contribution in [2.24, 2.45) is 4.99 Å². The largest absolute Gasteiger partial charge is 0.493 e. The summed E-state index contributed by atoms with van der Waals surface area (Å²) in [5, 5.41) is 2.28. The minimum atomic E-state index is -0.667. The van der Waals surface area contributed by atoms with Gasteiger partial charge in [0.25, 0.3) is 5.56 Å². The summed E-state index contributed by atoms with van der Waals surface area (Å²) in [6.07, 6.45) is 1.81. The maximum Gasteiger partial charge on any atom is 0.338 e. The highest BCUT2D eigenvalue weighted by atomic mass is 79.9. The lowest BCUT2D eigenvalue weighted by Gasteiger charge is -2.25. The Labute approximate surface area is 285 Å². The fourth-order valence-electron chi connectivity index (χ4n) is 5.85. The van der Waals surface area contributed by atoms with Gasteiger partial charge in [0.2, 0.25) is 0 Å². The van der Waals surface area contributed by atoms with E-state index in [1.165, 1.54) is 16.9 Å². The molecule has 0 saturated carbocycles. The van der Waals surface area contributed by atoms with Gasteiger partial charge in [-0.05, 0) is 86.9 Å². The van der Waals surface area contributed by atoms with Crippen LogP contribution in [0.15, 0.2) is 104 Å². The summed E-state index contributed by atoms with van der Waals surface area (Å²) in [5.74, 6) is 0.966. The van der Waals surface area contributed by atoms with Crippen molar-refractivity contribution in [1.82, 2.24) is 4.57 Å². The fraction of sp³-hybridized carbons (Fsp3) is 0.237. The van der Waals surface area contributed by atoms with Gasteiger partial charge in [-0.1, -0.05) is 91.9 Å². The zero-order valence-corrected chi connectivity index (χ0v) is 29.3. The molecule has 0 spiro atoms. The van der Waals surface area contributed by atoms with Crippen molar-refractivity contribution >= 4 is 50.1 Å². The van der Waals surface area contributed by atoms with Gasteiger partial charge in [0.1, 0.15) is 6.61 Å². The van der Waals surface area contributed by atoms with Crippen molar-refractivity contribution in [3.05, 3.63) is 137 Å². The Kier molecular flexibility index (Phi) is 9.47. The van der Waals surface area contributed by atoms with Crippen LogP contribution in [0.5, 0.6) is 11.5 Å². The van der Waals surface area contributed by atoms with Crippen LogP contribution in [0.2, 0.25) is 0 Å². The molecule has 0 bridgehead atoms. The SMILES string of the molecule is CCOC(=O)C1=C(C)N=c2s/c(=C\c3cc(Br)c(OCc4cccc5ccccc45)c(OC)c3)c(=O)n2C1c1ccc(C(C)C)cc1. The number of nitrogens with zero attached hydrogens (tertiary/aromatic N) is 2. The van der Waals surface area contributed by atoms with Gasteiger partial charge < -0.3 is 14.2 Å². The predicted octanol–water partition coefficient (Wildman–Crippen LogP) is 7.43. The lowest BCUT2D eigenvalue weighted by atomic mass is 9.93. The molecule has 9 heteroatoms. The third-order valence-electron chi connectivity index (χ3n) is 8.24. The number of hydrogen-bond donors (Lipinski definition) is 0. The maximum atomic E-state index is 14.1. The van der Waals surface area contributed by atoms with Gasteiger partial charge in [-0.25, -0.2) is 9.79 Å².